The van der Waals surface area contributed by atoms with Crippen molar-refractivity contribution in [2.24, 2.45) is 0 Å². The molecule has 0 N–H and O–H groups in total. The molecule has 11 rings (SSSR count). The first-order valence-corrected chi connectivity index (χ1v) is 19.3. The highest BCUT2D eigenvalue weighted by Gasteiger charge is 2.20. The molecule has 268 valence electrons. The second-order valence-electron chi connectivity index (χ2n) is 14.5. The summed E-state index contributed by atoms with van der Waals surface area (Å²) in [5.74, 6) is 0. The molecule has 0 aliphatic heterocycles. The third-order valence-corrected chi connectivity index (χ3v) is 11.1. The Morgan fingerprint density at radius 1 is 0.281 bits per heavy atom. The van der Waals surface area contributed by atoms with Crippen molar-refractivity contribution < 1.29 is 8.83 Å². The molecule has 2 aromatic heterocycles. The van der Waals surface area contributed by atoms with Gasteiger partial charge in [-0.1, -0.05) is 146 Å². The van der Waals surface area contributed by atoms with E-state index in [0.29, 0.717) is 0 Å². The zero-order valence-corrected chi connectivity index (χ0v) is 31.0. The van der Waals surface area contributed by atoms with E-state index in [-0.39, 0.29) is 0 Å². The number of rotatable bonds is 7. The molecule has 2 heterocycles. The van der Waals surface area contributed by atoms with Gasteiger partial charge in [-0.25, -0.2) is 0 Å². The van der Waals surface area contributed by atoms with Crippen LogP contribution in [0.25, 0.3) is 88.4 Å². The molecule has 0 amide bonds. The standard InChI is InChI=1S/C54H35NO2/c1-3-12-36(13-4-1)38-22-26-42(27-23-38)55(44-30-31-47-46-18-7-9-20-49(46)57-52(47)35-44)43-28-24-39(25-29-43)45-32-33-51-54(48-19-8-10-21-50(48)56-51)53(45)41-17-11-16-40(34-41)37-14-5-2-6-15-37/h1-35H. The first-order valence-electron chi connectivity index (χ1n) is 19.3. The van der Waals surface area contributed by atoms with Crippen LogP contribution in [-0.4, -0.2) is 0 Å². The molecule has 0 fully saturated rings. The second-order valence-corrected chi connectivity index (χ2v) is 14.5. The van der Waals surface area contributed by atoms with E-state index in [1.165, 1.54) is 22.3 Å². The van der Waals surface area contributed by atoms with Crippen LogP contribution in [0.4, 0.5) is 17.1 Å². The number of benzene rings is 9. The Balaban J connectivity index is 1.06. The summed E-state index contributed by atoms with van der Waals surface area (Å²) in [7, 11) is 0. The van der Waals surface area contributed by atoms with E-state index >= 15 is 0 Å². The van der Waals surface area contributed by atoms with Crippen molar-refractivity contribution in [3.05, 3.63) is 212 Å². The van der Waals surface area contributed by atoms with Crippen LogP contribution in [0.2, 0.25) is 0 Å². The van der Waals surface area contributed by atoms with E-state index < -0.39 is 0 Å². The number of furan rings is 2. The van der Waals surface area contributed by atoms with Crippen molar-refractivity contribution in [2.75, 3.05) is 4.90 Å². The number of fused-ring (bicyclic) bond motifs is 6. The second kappa shape index (κ2) is 13.6. The zero-order valence-electron chi connectivity index (χ0n) is 31.0. The summed E-state index contributed by atoms with van der Waals surface area (Å²) in [5, 5.41) is 4.46. The van der Waals surface area contributed by atoms with Crippen LogP contribution in [0.5, 0.6) is 0 Å². The van der Waals surface area contributed by atoms with Gasteiger partial charge in [0.25, 0.3) is 0 Å². The number of nitrogens with zero attached hydrogens (tertiary/aromatic N) is 1. The van der Waals surface area contributed by atoms with Crippen molar-refractivity contribution in [1.29, 1.82) is 0 Å². The Labute approximate surface area is 330 Å². The van der Waals surface area contributed by atoms with Crippen molar-refractivity contribution >= 4 is 60.9 Å². The fraction of sp³-hybridized carbons (Fsp3) is 0. The van der Waals surface area contributed by atoms with Gasteiger partial charge in [0.2, 0.25) is 0 Å². The average Bonchev–Trinajstić information content (AvgIpc) is 3.85. The van der Waals surface area contributed by atoms with Gasteiger partial charge in [0.1, 0.15) is 22.3 Å². The van der Waals surface area contributed by atoms with E-state index in [1.807, 2.05) is 18.2 Å². The minimum absolute atomic E-state index is 0.860. The highest BCUT2D eigenvalue weighted by atomic mass is 16.3. The lowest BCUT2D eigenvalue weighted by Crippen LogP contribution is -2.09. The van der Waals surface area contributed by atoms with E-state index in [1.54, 1.807) is 0 Å². The zero-order chi connectivity index (χ0) is 37.7. The largest absolute Gasteiger partial charge is 0.456 e. The molecule has 0 aliphatic carbocycles. The fourth-order valence-corrected chi connectivity index (χ4v) is 8.37. The summed E-state index contributed by atoms with van der Waals surface area (Å²) >= 11 is 0. The lowest BCUT2D eigenvalue weighted by Gasteiger charge is -2.26. The van der Waals surface area contributed by atoms with Gasteiger partial charge in [0.05, 0.1) is 0 Å². The Bertz CT molecular complexity index is 3210. The summed E-state index contributed by atoms with van der Waals surface area (Å²) in [6.07, 6.45) is 0. The van der Waals surface area contributed by atoms with E-state index in [9.17, 15) is 0 Å². The summed E-state index contributed by atoms with van der Waals surface area (Å²) < 4.78 is 12.8. The molecule has 0 bridgehead atoms. The lowest BCUT2D eigenvalue weighted by molar-refractivity contribution is 0.668. The van der Waals surface area contributed by atoms with Crippen LogP contribution in [0.3, 0.4) is 0 Å². The van der Waals surface area contributed by atoms with Gasteiger partial charge in [0.15, 0.2) is 0 Å². The predicted octanol–water partition coefficient (Wildman–Crippen LogP) is 15.6. The fourth-order valence-electron chi connectivity index (χ4n) is 8.37. The van der Waals surface area contributed by atoms with Crippen LogP contribution in [0.1, 0.15) is 0 Å². The van der Waals surface area contributed by atoms with Gasteiger partial charge in [-0.2, -0.15) is 0 Å². The number of para-hydroxylation sites is 2. The Morgan fingerprint density at radius 2 is 0.789 bits per heavy atom. The molecule has 9 aromatic carbocycles. The van der Waals surface area contributed by atoms with Crippen LogP contribution in [-0.2, 0) is 0 Å². The van der Waals surface area contributed by atoms with Crippen LogP contribution >= 0.6 is 0 Å². The molecule has 0 aliphatic rings. The van der Waals surface area contributed by atoms with E-state index in [0.717, 1.165) is 83.2 Å². The molecule has 0 saturated carbocycles. The van der Waals surface area contributed by atoms with Crippen molar-refractivity contribution in [3.63, 3.8) is 0 Å². The van der Waals surface area contributed by atoms with Crippen LogP contribution in [0, 0.1) is 0 Å². The number of anilines is 3. The third-order valence-electron chi connectivity index (χ3n) is 11.1. The van der Waals surface area contributed by atoms with Gasteiger partial charge in [-0.05, 0) is 99.6 Å². The summed E-state index contributed by atoms with van der Waals surface area (Å²) in [6, 6.07) is 75.1. The topological polar surface area (TPSA) is 29.5 Å². The quantitative estimate of drug-likeness (QED) is 0.164. The molecule has 0 unspecified atom stereocenters. The smallest absolute Gasteiger partial charge is 0.137 e. The molecule has 11 aromatic rings. The van der Waals surface area contributed by atoms with Gasteiger partial charge in [-0.15, -0.1) is 0 Å². The molecule has 57 heavy (non-hydrogen) atoms. The van der Waals surface area contributed by atoms with Gasteiger partial charge < -0.3 is 13.7 Å². The molecule has 3 heteroatoms. The molecule has 0 radical (unpaired) electrons. The highest BCUT2D eigenvalue weighted by Crippen LogP contribution is 2.45. The van der Waals surface area contributed by atoms with Crippen molar-refractivity contribution in [3.8, 4) is 44.5 Å². The molecule has 0 spiro atoms. The summed E-state index contributed by atoms with van der Waals surface area (Å²) in [5.41, 5.74) is 15.9. The summed E-state index contributed by atoms with van der Waals surface area (Å²) in [4.78, 5) is 2.31. The monoisotopic (exact) mass is 729 g/mol. The predicted molar refractivity (Wildman–Crippen MR) is 237 cm³/mol. The van der Waals surface area contributed by atoms with E-state index in [4.69, 9.17) is 8.83 Å². The maximum Gasteiger partial charge on any atom is 0.137 e. The van der Waals surface area contributed by atoms with Gasteiger partial charge >= 0.3 is 0 Å². The SMILES string of the molecule is c1ccc(-c2ccc(N(c3ccc(-c4ccc5oc6ccccc6c5c4-c4cccc(-c5ccccc5)c4)cc3)c3ccc4c(c3)oc3ccccc34)cc2)cc1. The van der Waals surface area contributed by atoms with Crippen LogP contribution in [0.15, 0.2) is 221 Å². The lowest BCUT2D eigenvalue weighted by atomic mass is 9.89. The molecule has 3 nitrogen and oxygen atoms in total. The highest BCUT2D eigenvalue weighted by molar-refractivity contribution is 6.16. The van der Waals surface area contributed by atoms with Gasteiger partial charge in [-0.3, -0.25) is 0 Å². The number of hydrogen-bond donors (Lipinski definition) is 0. The molecule has 0 atom stereocenters. The normalized spacial score (nSPS) is 11.5. The molecule has 0 saturated heterocycles. The first kappa shape index (κ1) is 32.8. The summed E-state index contributed by atoms with van der Waals surface area (Å²) in [6.45, 7) is 0. The average molecular weight is 730 g/mol. The van der Waals surface area contributed by atoms with Gasteiger partial charge in [0, 0.05) is 50.2 Å². The Kier molecular flexibility index (Phi) is 7.82. The van der Waals surface area contributed by atoms with Crippen molar-refractivity contribution in [2.45, 2.75) is 0 Å². The maximum absolute atomic E-state index is 6.44. The Hall–Kier alpha value is -7.62. The van der Waals surface area contributed by atoms with Crippen LogP contribution < -0.4 is 4.90 Å². The molecular formula is C54H35NO2. The third kappa shape index (κ3) is 5.76. The minimum atomic E-state index is 0.860. The van der Waals surface area contributed by atoms with Crippen molar-refractivity contribution in [1.82, 2.24) is 0 Å². The Morgan fingerprint density at radius 3 is 1.51 bits per heavy atom. The minimum Gasteiger partial charge on any atom is -0.456 e. The maximum atomic E-state index is 6.44. The number of hydrogen-bond acceptors (Lipinski definition) is 3. The molecular weight excluding hydrogens is 695 g/mol. The first-order chi connectivity index (χ1) is 28.2. The van der Waals surface area contributed by atoms with E-state index in [2.05, 4.69) is 199 Å².